The van der Waals surface area contributed by atoms with Gasteiger partial charge in [0.05, 0.1) is 24.6 Å². The molecular weight excluding hydrogens is 548 g/mol. The Bertz CT molecular complexity index is 1510. The molecule has 1 unspecified atom stereocenters. The number of pyridine rings is 1. The molecule has 0 spiro atoms. The number of fused-ring (bicyclic) bond motifs is 5. The van der Waals surface area contributed by atoms with E-state index in [9.17, 15) is 15.2 Å². The van der Waals surface area contributed by atoms with E-state index in [2.05, 4.69) is 21.7 Å². The number of hydrogen-bond donors (Lipinski definition) is 1. The molecule has 4 aromatic rings. The predicted molar refractivity (Wildman–Crippen MR) is 126 cm³/mol. The van der Waals surface area contributed by atoms with Gasteiger partial charge in [-0.05, 0) is 45.1 Å². The molecule has 12 heteroatoms. The van der Waals surface area contributed by atoms with Crippen LogP contribution in [0.3, 0.4) is 0 Å². The van der Waals surface area contributed by atoms with Crippen molar-refractivity contribution in [3.05, 3.63) is 64.7 Å². The number of rotatable bonds is 7. The second-order valence-corrected chi connectivity index (χ2v) is 8.72. The summed E-state index contributed by atoms with van der Waals surface area (Å²) < 4.78 is 26.4. The SMILES string of the molecule is COc1ccc2cc3[n+](cc2c1OCC(O)Cn1cnc([N+](=O)[O-])c1)CCc1cc2c(cc1-3)OCO2.[Br-]. The van der Waals surface area contributed by atoms with E-state index in [1.807, 2.05) is 24.4 Å². The van der Waals surface area contributed by atoms with Crippen molar-refractivity contribution in [3.63, 3.8) is 0 Å². The van der Waals surface area contributed by atoms with E-state index >= 15 is 0 Å². The minimum Gasteiger partial charge on any atom is -1.00 e. The largest absolute Gasteiger partial charge is 1.00 e. The number of benzene rings is 2. The van der Waals surface area contributed by atoms with Gasteiger partial charge in [0, 0.05) is 12.5 Å². The van der Waals surface area contributed by atoms with E-state index in [4.69, 9.17) is 18.9 Å². The van der Waals surface area contributed by atoms with Crippen LogP contribution in [0.1, 0.15) is 5.56 Å². The van der Waals surface area contributed by atoms with E-state index in [1.165, 1.54) is 22.7 Å². The van der Waals surface area contributed by atoms with Crippen molar-refractivity contribution < 1.29 is 50.5 Å². The monoisotopic (exact) mass is 570 g/mol. The van der Waals surface area contributed by atoms with Crippen molar-refractivity contribution in [3.8, 4) is 34.3 Å². The fraction of sp³-hybridized carbons (Fsp3) is 0.280. The lowest BCUT2D eigenvalue weighted by Gasteiger charge is -2.19. The molecule has 192 valence electrons. The quantitative estimate of drug-likeness (QED) is 0.181. The molecule has 0 fully saturated rings. The van der Waals surface area contributed by atoms with Gasteiger partial charge in [0.1, 0.15) is 18.9 Å². The molecule has 0 saturated heterocycles. The van der Waals surface area contributed by atoms with Crippen LogP contribution in [-0.4, -0.2) is 46.2 Å². The van der Waals surface area contributed by atoms with E-state index in [0.29, 0.717) is 11.5 Å². The van der Waals surface area contributed by atoms with Crippen LogP contribution in [0.15, 0.2) is 49.1 Å². The number of nitro groups is 1. The number of aliphatic hydroxyl groups is 1. The van der Waals surface area contributed by atoms with E-state index in [1.54, 1.807) is 7.11 Å². The lowest BCUT2D eigenvalue weighted by atomic mass is 9.95. The molecule has 6 rings (SSSR count). The molecule has 4 heterocycles. The van der Waals surface area contributed by atoms with Gasteiger partial charge < -0.3 is 55.7 Å². The third-order valence-electron chi connectivity index (χ3n) is 6.44. The zero-order valence-corrected chi connectivity index (χ0v) is 21.4. The first-order chi connectivity index (χ1) is 17.5. The fourth-order valence-electron chi connectivity index (χ4n) is 4.72. The van der Waals surface area contributed by atoms with Crippen molar-refractivity contribution in [2.75, 3.05) is 20.5 Å². The number of aryl methyl sites for hydroxylation is 2. The maximum absolute atomic E-state index is 10.8. The Hall–Kier alpha value is -3.90. The zero-order chi connectivity index (χ0) is 24.8. The van der Waals surface area contributed by atoms with Gasteiger partial charge in [-0.3, -0.25) is 0 Å². The second-order valence-electron chi connectivity index (χ2n) is 8.72. The molecule has 0 amide bonds. The molecule has 0 radical (unpaired) electrons. The molecule has 1 atom stereocenters. The normalized spacial score (nSPS) is 13.9. The molecule has 2 aromatic heterocycles. The molecule has 2 aliphatic rings. The van der Waals surface area contributed by atoms with Crippen LogP contribution in [0.2, 0.25) is 0 Å². The van der Waals surface area contributed by atoms with Gasteiger partial charge in [-0.15, -0.1) is 0 Å². The summed E-state index contributed by atoms with van der Waals surface area (Å²) in [5.41, 5.74) is 3.39. The molecule has 0 aliphatic carbocycles. The van der Waals surface area contributed by atoms with Crippen molar-refractivity contribution in [1.82, 2.24) is 9.55 Å². The topological polar surface area (TPSA) is 122 Å². The van der Waals surface area contributed by atoms with Gasteiger partial charge in [0.15, 0.2) is 35.7 Å². The van der Waals surface area contributed by atoms with Gasteiger partial charge in [-0.25, -0.2) is 0 Å². The Morgan fingerprint density at radius 1 is 1.27 bits per heavy atom. The first-order valence-corrected chi connectivity index (χ1v) is 11.4. The van der Waals surface area contributed by atoms with Crippen LogP contribution in [-0.2, 0) is 19.5 Å². The Labute approximate surface area is 221 Å². The van der Waals surface area contributed by atoms with Gasteiger partial charge in [0.25, 0.3) is 0 Å². The van der Waals surface area contributed by atoms with Crippen LogP contribution in [0, 0.1) is 10.1 Å². The highest BCUT2D eigenvalue weighted by Crippen LogP contribution is 2.41. The number of aromatic nitrogens is 3. The standard InChI is InChI=1S/C25H23N4O7.BrH/c1-33-21-3-2-15-6-20-18-8-23-22(35-14-36-23)7-16(18)4-5-28(20)10-19(15)25(21)34-12-17(30)9-27-11-24(26-13-27)29(31)32;/h2-3,6-8,10-11,13,17,30H,4-5,9,12,14H2,1H3;1H/q+1;/p-1. The van der Waals surface area contributed by atoms with Crippen molar-refractivity contribution in [2.45, 2.75) is 25.6 Å². The van der Waals surface area contributed by atoms with Crippen molar-refractivity contribution in [2.24, 2.45) is 0 Å². The molecule has 2 aromatic carbocycles. The lowest BCUT2D eigenvalue weighted by Crippen LogP contribution is -3.00. The number of aliphatic hydroxyl groups excluding tert-OH is 1. The van der Waals surface area contributed by atoms with Crippen molar-refractivity contribution >= 4 is 16.6 Å². The first-order valence-electron chi connectivity index (χ1n) is 11.4. The number of methoxy groups -OCH3 is 1. The fourth-order valence-corrected chi connectivity index (χ4v) is 4.72. The molecule has 37 heavy (non-hydrogen) atoms. The maximum atomic E-state index is 10.8. The summed E-state index contributed by atoms with van der Waals surface area (Å²) >= 11 is 0. The molecule has 0 bridgehead atoms. The lowest BCUT2D eigenvalue weighted by molar-refractivity contribution is -0.686. The first kappa shape index (κ1) is 24.8. The minimum atomic E-state index is -0.916. The summed E-state index contributed by atoms with van der Waals surface area (Å²) in [4.78, 5) is 14.0. The maximum Gasteiger partial charge on any atom is 0.381 e. The summed E-state index contributed by atoms with van der Waals surface area (Å²) in [6.45, 7) is 1.09. The Morgan fingerprint density at radius 2 is 2.08 bits per heavy atom. The Morgan fingerprint density at radius 3 is 2.84 bits per heavy atom. The molecule has 0 saturated carbocycles. The third kappa shape index (κ3) is 4.53. The highest BCUT2D eigenvalue weighted by atomic mass is 79.9. The smallest absolute Gasteiger partial charge is 0.381 e. The summed E-state index contributed by atoms with van der Waals surface area (Å²) in [5.74, 6) is 2.34. The number of imidazole rings is 1. The average Bonchev–Trinajstić information content (AvgIpc) is 3.54. The molecular formula is C25H23BrN4O7. The van der Waals surface area contributed by atoms with E-state index < -0.39 is 11.0 Å². The van der Waals surface area contributed by atoms with E-state index in [0.717, 1.165) is 46.5 Å². The number of hydrogen-bond acceptors (Lipinski definition) is 8. The number of halogens is 1. The predicted octanol–water partition coefficient (Wildman–Crippen LogP) is -0.364. The second kappa shape index (κ2) is 9.87. The summed E-state index contributed by atoms with van der Waals surface area (Å²) in [6, 6.07) is 10.0. The van der Waals surface area contributed by atoms with Gasteiger partial charge in [-0.2, -0.15) is 4.57 Å². The molecule has 1 N–H and O–H groups in total. The van der Waals surface area contributed by atoms with Gasteiger partial charge in [-0.1, -0.05) is 0 Å². The van der Waals surface area contributed by atoms with Gasteiger partial charge in [0.2, 0.25) is 18.8 Å². The summed E-state index contributed by atoms with van der Waals surface area (Å²) in [5, 5.41) is 23.2. The summed E-state index contributed by atoms with van der Waals surface area (Å²) in [6.07, 6.45) is 4.56. The number of ether oxygens (including phenoxy) is 4. The Balaban J connectivity index is 0.00000280. The van der Waals surface area contributed by atoms with E-state index in [-0.39, 0.29) is 42.7 Å². The van der Waals surface area contributed by atoms with Crippen LogP contribution < -0.4 is 40.5 Å². The average molecular weight is 571 g/mol. The minimum absolute atomic E-state index is 0. The Kier molecular flexibility index (Phi) is 6.61. The third-order valence-corrected chi connectivity index (χ3v) is 6.44. The van der Waals surface area contributed by atoms with Crippen LogP contribution in [0.4, 0.5) is 5.82 Å². The van der Waals surface area contributed by atoms with Gasteiger partial charge >= 0.3 is 5.82 Å². The highest BCUT2D eigenvalue weighted by molar-refractivity contribution is 5.91. The zero-order valence-electron chi connectivity index (χ0n) is 19.8. The van der Waals surface area contributed by atoms with Crippen LogP contribution >= 0.6 is 0 Å². The van der Waals surface area contributed by atoms with Crippen molar-refractivity contribution in [1.29, 1.82) is 0 Å². The summed E-state index contributed by atoms with van der Waals surface area (Å²) in [7, 11) is 1.57. The van der Waals surface area contributed by atoms with Crippen LogP contribution in [0.25, 0.3) is 22.0 Å². The molecule has 11 nitrogen and oxygen atoms in total. The van der Waals surface area contributed by atoms with Crippen LogP contribution in [0.5, 0.6) is 23.0 Å². The molecule has 2 aliphatic heterocycles. The number of nitrogens with zero attached hydrogens (tertiary/aromatic N) is 4. The highest BCUT2D eigenvalue weighted by Gasteiger charge is 2.29.